The minimum absolute atomic E-state index is 0.0401. The molecule has 0 saturated carbocycles. The fourth-order valence-corrected chi connectivity index (χ4v) is 6.99. The van der Waals surface area contributed by atoms with E-state index in [1.165, 1.54) is 36.0 Å². The van der Waals surface area contributed by atoms with Crippen molar-refractivity contribution in [1.29, 1.82) is 0 Å². The Morgan fingerprint density at radius 1 is 1.06 bits per heavy atom. The van der Waals surface area contributed by atoms with Crippen molar-refractivity contribution in [2.45, 2.75) is 88.7 Å². The molecule has 0 saturated heterocycles. The average molecular weight is 786 g/mol. The normalized spacial score (nSPS) is 14.5. The summed E-state index contributed by atoms with van der Waals surface area (Å²) in [6.45, 7) is 12.0. The third kappa shape index (κ3) is 12.8. The lowest BCUT2D eigenvalue weighted by atomic mass is 9.87. The largest absolute Gasteiger partial charge is 0.493 e. The highest BCUT2D eigenvalue weighted by Gasteiger charge is 2.34. The Kier molecular flexibility index (Phi) is 15.5. The van der Waals surface area contributed by atoms with Crippen LogP contribution < -0.4 is 4.74 Å². The summed E-state index contributed by atoms with van der Waals surface area (Å²) >= 11 is 7.70. The van der Waals surface area contributed by atoms with E-state index in [9.17, 15) is 18.0 Å². The zero-order chi connectivity index (χ0) is 39.5. The number of esters is 1. The standard InChI is InChI=1S/C43H48ClF4NO4S/c1-29(22-23-51-34-24-38(45)36(39(25-34)54-6)28-52-40(50)21-20-30(2)53-42(3,4)5)49(26-33-18-13-19-37(41(33)44)43(46,47)48)27-35(31-14-9-7-10-15-31)32-16-11-8-12-17-32/h7,9-11,13-21,24-25,29,35H,2,8,12,22-23,26-28H2,1,3-6H3/b21-20+/t29-,35?/m1/s1. The van der Waals surface area contributed by atoms with Gasteiger partial charge in [-0.05, 0) is 88.1 Å². The van der Waals surface area contributed by atoms with Crippen LogP contribution in [-0.4, -0.2) is 41.9 Å². The third-order valence-electron chi connectivity index (χ3n) is 8.78. The van der Waals surface area contributed by atoms with Crippen LogP contribution in [-0.2, 0) is 33.6 Å². The van der Waals surface area contributed by atoms with E-state index in [1.807, 2.05) is 45.9 Å². The van der Waals surface area contributed by atoms with Gasteiger partial charge in [-0.3, -0.25) is 4.90 Å². The molecule has 3 aromatic carbocycles. The number of halogens is 5. The highest BCUT2D eigenvalue weighted by atomic mass is 35.5. The summed E-state index contributed by atoms with van der Waals surface area (Å²) in [5, 5.41) is -0.312. The second kappa shape index (κ2) is 19.6. The molecule has 1 aliphatic rings. The molecular weight excluding hydrogens is 738 g/mol. The number of carbonyl (C=O) groups is 1. The summed E-state index contributed by atoms with van der Waals surface area (Å²) in [6, 6.07) is 16.9. The maximum absolute atomic E-state index is 15.4. The lowest BCUT2D eigenvalue weighted by Crippen LogP contribution is -2.37. The van der Waals surface area contributed by atoms with Crippen LogP contribution in [0.25, 0.3) is 0 Å². The van der Waals surface area contributed by atoms with Gasteiger partial charge < -0.3 is 14.2 Å². The topological polar surface area (TPSA) is 48.0 Å². The molecule has 0 fully saturated rings. The number of rotatable bonds is 17. The predicted molar refractivity (Wildman–Crippen MR) is 209 cm³/mol. The first-order valence-corrected chi connectivity index (χ1v) is 19.4. The van der Waals surface area contributed by atoms with Crippen molar-refractivity contribution in [3.63, 3.8) is 0 Å². The lowest BCUT2D eigenvalue weighted by molar-refractivity contribution is -0.139. The molecule has 0 aliphatic heterocycles. The summed E-state index contributed by atoms with van der Waals surface area (Å²) in [5.74, 6) is -0.690. The predicted octanol–water partition coefficient (Wildman–Crippen LogP) is 11.9. The Balaban J connectivity index is 1.49. The quantitative estimate of drug-likeness (QED) is 0.0339. The van der Waals surface area contributed by atoms with Crippen LogP contribution in [0.4, 0.5) is 17.6 Å². The van der Waals surface area contributed by atoms with Crippen molar-refractivity contribution in [1.82, 2.24) is 4.90 Å². The number of ether oxygens (including phenoxy) is 3. The van der Waals surface area contributed by atoms with E-state index < -0.39 is 29.1 Å². The third-order valence-corrected chi connectivity index (χ3v) is 10.0. The summed E-state index contributed by atoms with van der Waals surface area (Å²) in [4.78, 5) is 15.0. The van der Waals surface area contributed by atoms with Crippen LogP contribution in [0.1, 0.15) is 75.1 Å². The molecule has 0 bridgehead atoms. The molecule has 0 radical (unpaired) electrons. The van der Waals surface area contributed by atoms with Crippen LogP contribution in [0.5, 0.6) is 5.75 Å². The van der Waals surface area contributed by atoms with Crippen LogP contribution in [0.15, 0.2) is 114 Å². The summed E-state index contributed by atoms with van der Waals surface area (Å²) in [6.07, 6.45) is 8.63. The van der Waals surface area contributed by atoms with E-state index in [0.717, 1.165) is 30.0 Å². The van der Waals surface area contributed by atoms with Crippen molar-refractivity contribution in [2.75, 3.05) is 19.4 Å². The van der Waals surface area contributed by atoms with Gasteiger partial charge in [-0.1, -0.05) is 78.9 Å². The van der Waals surface area contributed by atoms with Gasteiger partial charge in [0, 0.05) is 47.7 Å². The zero-order valence-electron chi connectivity index (χ0n) is 31.4. The monoisotopic (exact) mass is 785 g/mol. The number of nitrogens with zero attached hydrogens (tertiary/aromatic N) is 1. The SMILES string of the molecule is C=C(/C=C/C(=O)OCc1c(F)cc(OCC[C@@H](C)N(Cc2cccc(C(F)(F)F)c2Cl)CC(C2=CCCC=C2)c2ccccc2)cc1SC)OC(C)(C)C. The first-order chi connectivity index (χ1) is 25.6. The molecule has 0 heterocycles. The van der Waals surface area contributed by atoms with Crippen molar-refractivity contribution >= 4 is 29.3 Å². The molecule has 2 atom stereocenters. The van der Waals surface area contributed by atoms with Crippen LogP contribution in [0.2, 0.25) is 5.02 Å². The van der Waals surface area contributed by atoms with E-state index in [0.29, 0.717) is 34.9 Å². The summed E-state index contributed by atoms with van der Waals surface area (Å²) in [5.41, 5.74) is 1.50. The molecule has 290 valence electrons. The molecule has 3 aromatic rings. The molecule has 54 heavy (non-hydrogen) atoms. The molecular formula is C43H48ClF4NO4S. The van der Waals surface area contributed by atoms with Crippen molar-refractivity contribution < 1.29 is 36.6 Å². The molecule has 0 N–H and O–H groups in total. The second-order valence-corrected chi connectivity index (χ2v) is 15.3. The number of thioether (sulfide) groups is 1. The number of allylic oxidation sites excluding steroid dienone is 4. The first kappa shape index (κ1) is 42.7. The number of hydrogen-bond donors (Lipinski definition) is 0. The summed E-state index contributed by atoms with van der Waals surface area (Å²) < 4.78 is 73.8. The zero-order valence-corrected chi connectivity index (χ0v) is 32.9. The van der Waals surface area contributed by atoms with Gasteiger partial charge in [0.1, 0.15) is 29.5 Å². The Hall–Kier alpha value is -3.99. The van der Waals surface area contributed by atoms with E-state index in [2.05, 4.69) is 41.8 Å². The Morgan fingerprint density at radius 3 is 2.44 bits per heavy atom. The summed E-state index contributed by atoms with van der Waals surface area (Å²) in [7, 11) is 0. The van der Waals surface area contributed by atoms with Gasteiger partial charge in [-0.15, -0.1) is 11.8 Å². The highest BCUT2D eigenvalue weighted by Crippen LogP contribution is 2.38. The van der Waals surface area contributed by atoms with E-state index in [1.54, 1.807) is 18.4 Å². The molecule has 0 amide bonds. The number of benzene rings is 3. The van der Waals surface area contributed by atoms with Gasteiger partial charge in [0.15, 0.2) is 0 Å². The molecule has 11 heteroatoms. The van der Waals surface area contributed by atoms with Crippen molar-refractivity contribution in [3.8, 4) is 5.75 Å². The van der Waals surface area contributed by atoms with Gasteiger partial charge in [0.05, 0.1) is 17.2 Å². The van der Waals surface area contributed by atoms with Crippen LogP contribution in [0, 0.1) is 5.82 Å². The van der Waals surface area contributed by atoms with Gasteiger partial charge in [0.2, 0.25) is 0 Å². The number of alkyl halides is 3. The van der Waals surface area contributed by atoms with Gasteiger partial charge in [0.25, 0.3) is 0 Å². The molecule has 0 spiro atoms. The maximum atomic E-state index is 15.4. The van der Waals surface area contributed by atoms with Gasteiger partial charge in [-0.2, -0.15) is 13.2 Å². The first-order valence-electron chi connectivity index (χ1n) is 17.8. The minimum Gasteiger partial charge on any atom is -0.493 e. The smallest absolute Gasteiger partial charge is 0.417 e. The molecule has 0 aromatic heterocycles. The Bertz CT molecular complexity index is 1840. The maximum Gasteiger partial charge on any atom is 0.417 e. The van der Waals surface area contributed by atoms with E-state index in [4.69, 9.17) is 25.8 Å². The van der Waals surface area contributed by atoms with Gasteiger partial charge in [-0.25, -0.2) is 9.18 Å². The second-order valence-electron chi connectivity index (χ2n) is 14.0. The van der Waals surface area contributed by atoms with Crippen LogP contribution >= 0.6 is 23.4 Å². The molecule has 1 unspecified atom stereocenters. The Labute approximate surface area is 325 Å². The van der Waals surface area contributed by atoms with Crippen molar-refractivity contribution in [2.24, 2.45) is 0 Å². The number of hydrogen-bond acceptors (Lipinski definition) is 6. The molecule has 1 aliphatic carbocycles. The van der Waals surface area contributed by atoms with E-state index in [-0.39, 0.29) is 42.3 Å². The van der Waals surface area contributed by atoms with E-state index >= 15 is 4.39 Å². The fourth-order valence-electron chi connectivity index (χ4n) is 6.06. The Morgan fingerprint density at radius 2 is 1.80 bits per heavy atom. The van der Waals surface area contributed by atoms with Crippen LogP contribution in [0.3, 0.4) is 0 Å². The highest BCUT2D eigenvalue weighted by molar-refractivity contribution is 7.98. The number of carbonyl (C=O) groups excluding carboxylic acids is 1. The average Bonchev–Trinajstić information content (AvgIpc) is 3.12. The lowest BCUT2D eigenvalue weighted by Gasteiger charge is -2.34. The minimum atomic E-state index is -4.59. The fraction of sp³-hybridized carbons (Fsp3) is 0.372. The molecule has 4 rings (SSSR count). The van der Waals surface area contributed by atoms with Gasteiger partial charge >= 0.3 is 12.1 Å². The van der Waals surface area contributed by atoms with Crippen molar-refractivity contribution in [3.05, 3.63) is 142 Å². The molecule has 5 nitrogen and oxygen atoms in total.